The van der Waals surface area contributed by atoms with Crippen LogP contribution in [0.1, 0.15) is 123 Å². The summed E-state index contributed by atoms with van der Waals surface area (Å²) in [5.74, 6) is 0.370. The molecule has 10 nitrogen and oxygen atoms in total. The Kier molecular flexibility index (Phi) is 25.5. The van der Waals surface area contributed by atoms with Crippen molar-refractivity contribution in [1.29, 1.82) is 0 Å². The van der Waals surface area contributed by atoms with Crippen molar-refractivity contribution in [2.24, 2.45) is 58.2 Å². The molecule has 8 aromatic rings. The van der Waals surface area contributed by atoms with Crippen LogP contribution in [-0.2, 0) is 100 Å². The zero-order valence-corrected chi connectivity index (χ0v) is 61.0. The minimum absolute atomic E-state index is 0.0133. The maximum atomic E-state index is 17.1. The van der Waals surface area contributed by atoms with Gasteiger partial charge in [0.1, 0.15) is 55.0 Å². The molecule has 6 fully saturated rings. The summed E-state index contributed by atoms with van der Waals surface area (Å²) >= 11 is 0. The molecule has 104 heavy (non-hydrogen) atoms. The highest BCUT2D eigenvalue weighted by Gasteiger charge is 2.70. The molecule has 8 aromatic carbocycles. The normalized spacial score (nSPS) is 32.0. The molecule has 0 amide bonds. The Labute approximate surface area is 616 Å². The van der Waals surface area contributed by atoms with Crippen LogP contribution in [0.2, 0.25) is 0 Å². The highest BCUT2D eigenvalue weighted by atomic mass is 19.1. The van der Waals surface area contributed by atoms with Crippen LogP contribution in [0.25, 0.3) is 0 Å². The van der Waals surface area contributed by atoms with Crippen molar-refractivity contribution in [3.63, 3.8) is 0 Å². The van der Waals surface area contributed by atoms with E-state index in [4.69, 9.17) is 47.4 Å². The van der Waals surface area contributed by atoms with Crippen LogP contribution in [0.15, 0.2) is 243 Å². The molecule has 21 atom stereocenters. The number of halogens is 2. The molecule has 0 N–H and O–H groups in total. The summed E-state index contributed by atoms with van der Waals surface area (Å²) in [6.07, 6.45) is -0.595. The molecule has 6 aliphatic rings. The summed E-state index contributed by atoms with van der Waals surface area (Å²) in [6, 6.07) is 83.1. The van der Waals surface area contributed by atoms with Crippen molar-refractivity contribution in [1.82, 2.24) is 0 Å². The number of hydrogen-bond donors (Lipinski definition) is 0. The first-order chi connectivity index (χ1) is 51.1. The highest BCUT2D eigenvalue weighted by molar-refractivity contribution is 5.24. The Morgan fingerprint density at radius 2 is 0.750 bits per heavy atom. The molecule has 0 spiro atoms. The smallest absolute Gasteiger partial charge is 0.115 e. The summed E-state index contributed by atoms with van der Waals surface area (Å²) < 4.78 is 107. The average Bonchev–Trinajstić information content (AvgIpc) is 1.29. The lowest BCUT2D eigenvalue weighted by Gasteiger charge is -2.68. The minimum atomic E-state index is -0.944. The van der Waals surface area contributed by atoms with E-state index in [2.05, 4.69) is 203 Å². The minimum Gasteiger partial charge on any atom is -0.374 e. The van der Waals surface area contributed by atoms with Gasteiger partial charge in [-0.05, 0) is 160 Å². The molecular formula is C92H108F2O10. The van der Waals surface area contributed by atoms with Crippen molar-refractivity contribution >= 4 is 0 Å². The Morgan fingerprint density at radius 3 is 1.14 bits per heavy atom. The van der Waals surface area contributed by atoms with Gasteiger partial charge in [-0.3, -0.25) is 4.39 Å². The second-order valence-electron chi connectivity index (χ2n) is 31.3. The maximum absolute atomic E-state index is 17.1. The largest absolute Gasteiger partial charge is 0.374 e. The third kappa shape index (κ3) is 17.4. The Morgan fingerprint density at radius 1 is 0.394 bits per heavy atom. The van der Waals surface area contributed by atoms with Gasteiger partial charge in [0, 0.05) is 0 Å². The molecule has 1 unspecified atom stereocenters. The van der Waals surface area contributed by atoms with Crippen LogP contribution in [0.5, 0.6) is 0 Å². The first-order valence-electron chi connectivity index (χ1n) is 38.8. The van der Waals surface area contributed by atoms with E-state index in [1.807, 2.05) is 60.7 Å². The number of benzene rings is 8. The van der Waals surface area contributed by atoms with E-state index in [0.29, 0.717) is 72.1 Å². The van der Waals surface area contributed by atoms with Gasteiger partial charge in [0.2, 0.25) is 0 Å². The molecule has 2 saturated heterocycles. The zero-order chi connectivity index (χ0) is 71.1. The van der Waals surface area contributed by atoms with Gasteiger partial charge in [-0.1, -0.05) is 263 Å². The molecule has 12 heteroatoms. The van der Waals surface area contributed by atoms with Crippen LogP contribution in [-0.4, -0.2) is 87.1 Å². The van der Waals surface area contributed by atoms with E-state index >= 15 is 4.39 Å². The summed E-state index contributed by atoms with van der Waals surface area (Å²) in [6.45, 7) is 10.3. The molecule has 550 valence electrons. The third-order valence-corrected chi connectivity index (χ3v) is 25.1. The van der Waals surface area contributed by atoms with Gasteiger partial charge >= 0.3 is 0 Å². The third-order valence-electron chi connectivity index (χ3n) is 25.1. The first-order valence-corrected chi connectivity index (χ1v) is 38.8. The van der Waals surface area contributed by atoms with Gasteiger partial charge in [0.15, 0.2) is 0 Å². The fraction of sp³-hybridized carbons (Fsp3) is 0.478. The maximum Gasteiger partial charge on any atom is 0.115 e. The average molecular weight is 1410 g/mol. The number of fused-ring (bicyclic) bond motifs is 5. The van der Waals surface area contributed by atoms with E-state index in [1.165, 1.54) is 0 Å². The lowest BCUT2D eigenvalue weighted by Crippen LogP contribution is -2.69. The predicted molar refractivity (Wildman–Crippen MR) is 402 cm³/mol. The molecule has 4 aliphatic carbocycles. The van der Waals surface area contributed by atoms with E-state index in [0.717, 1.165) is 83.0 Å². The lowest BCUT2D eigenvalue weighted by atomic mass is 9.39. The van der Waals surface area contributed by atoms with Crippen LogP contribution in [0.4, 0.5) is 8.78 Å². The van der Waals surface area contributed by atoms with Gasteiger partial charge in [0.25, 0.3) is 0 Å². The predicted octanol–water partition coefficient (Wildman–Crippen LogP) is 19.3. The molecular weight excluding hydrogens is 1300 g/mol. The van der Waals surface area contributed by atoms with Crippen molar-refractivity contribution in [3.05, 3.63) is 287 Å². The van der Waals surface area contributed by atoms with Crippen LogP contribution in [0.3, 0.4) is 0 Å². The van der Waals surface area contributed by atoms with Crippen molar-refractivity contribution < 1.29 is 56.1 Å². The van der Waals surface area contributed by atoms with E-state index < -0.39 is 72.6 Å². The molecule has 0 bridgehead atoms. The van der Waals surface area contributed by atoms with Gasteiger partial charge in [-0.15, -0.1) is 0 Å². The van der Waals surface area contributed by atoms with Gasteiger partial charge in [0.05, 0.1) is 85.0 Å². The molecule has 2 aliphatic heterocycles. The first kappa shape index (κ1) is 74.1. The van der Waals surface area contributed by atoms with E-state index in [9.17, 15) is 4.39 Å². The summed E-state index contributed by atoms with van der Waals surface area (Å²) in [7, 11) is 0. The van der Waals surface area contributed by atoms with Crippen molar-refractivity contribution in [2.75, 3.05) is 19.9 Å². The molecule has 0 aromatic heterocycles. The van der Waals surface area contributed by atoms with Gasteiger partial charge in [-0.25, -0.2) is 4.39 Å². The standard InChI is InChI=1S/C92H108F2O10/c1-64(29-28-50-93)76-46-47-77-82-75(83-87(99-58-69-38-20-8-21-39-69)89(101-60-71-42-24-10-25-43-71)85(97-56-67-34-16-6-17-35-67)80(103-83)62-95-54-65-30-12-4-13-31-65)52-73-51-74(94)48-49-91(73,2)78(82)53-79(92(76,77)3)84-88(100-59-70-40-22-9-23-41-70)90(102-61-72-44-26-11-27-45-72)86(98-57-68-36-18-7-19-37-68)81(104-84)63-96-55-66-32-14-5-15-33-66/h4-27,30-45,64,73-90H,28-29,46-63H2,1-3H3/t64-,73+,74+,75+,76-,77+,78+,79+,80-,81-,82+,83?,84+,85-,86-,87+,88+,89+,90+,91+,92-/m1/s1. The van der Waals surface area contributed by atoms with E-state index in [1.54, 1.807) is 0 Å². The number of alkyl halides is 2. The van der Waals surface area contributed by atoms with Crippen LogP contribution >= 0.6 is 0 Å². The summed E-state index contributed by atoms with van der Waals surface area (Å²) in [5.41, 5.74) is 7.67. The quantitative estimate of drug-likeness (QED) is 0.0406. The van der Waals surface area contributed by atoms with Gasteiger partial charge in [-0.2, -0.15) is 0 Å². The van der Waals surface area contributed by atoms with Crippen molar-refractivity contribution in [2.45, 2.75) is 199 Å². The second kappa shape index (κ2) is 35.7. The second-order valence-corrected chi connectivity index (χ2v) is 31.3. The van der Waals surface area contributed by atoms with Crippen LogP contribution < -0.4 is 0 Å². The molecule has 14 rings (SSSR count). The SMILES string of the molecule is C[C@H](CCCF)[C@H]1CC[C@H]2[C@@H]3[C@@H](C4O[C@H](COCc5ccccc5)[C@@H](OCc5ccccc5)[C@H](OCc5ccccc5)[C@H]4OCc4ccccc4)C[C@@H]4C[C@@H](F)CC[C@]4(C)[C@H]3C[C@@H]([C@@H]3O[C@H](COCc4ccccc4)[C@@H](OCc4ccccc4)[C@H](OCc4ccccc4)[C@H]3OCc3ccccc3)[C@]12C. The van der Waals surface area contributed by atoms with Crippen LogP contribution in [0, 0.1) is 58.2 Å². The van der Waals surface area contributed by atoms with Crippen molar-refractivity contribution in [3.8, 4) is 0 Å². The summed E-state index contributed by atoms with van der Waals surface area (Å²) in [4.78, 5) is 0. The van der Waals surface area contributed by atoms with Gasteiger partial charge < -0.3 is 47.4 Å². The highest BCUT2D eigenvalue weighted by Crippen LogP contribution is 2.73. The number of hydrogen-bond acceptors (Lipinski definition) is 10. The molecule has 2 heterocycles. The Hall–Kier alpha value is -6.78. The monoisotopic (exact) mass is 1410 g/mol. The number of ether oxygens (including phenoxy) is 10. The molecule has 4 saturated carbocycles. The number of rotatable bonds is 32. The Bertz CT molecular complexity index is 3800. The summed E-state index contributed by atoms with van der Waals surface area (Å²) in [5, 5.41) is 0. The lowest BCUT2D eigenvalue weighted by molar-refractivity contribution is -0.312. The Balaban J connectivity index is 0.918. The fourth-order valence-corrected chi connectivity index (χ4v) is 20.0. The molecule has 0 radical (unpaired) electrons. The fourth-order valence-electron chi connectivity index (χ4n) is 20.0. The topological polar surface area (TPSA) is 92.3 Å². The zero-order valence-electron chi connectivity index (χ0n) is 61.0. The van der Waals surface area contributed by atoms with E-state index in [-0.39, 0.29) is 72.6 Å².